The fraction of sp³-hybridized carbons (Fsp3) is 0.231. The largest absolute Gasteiger partial charge is 0.480 e. The van der Waals surface area contributed by atoms with Crippen LogP contribution in [-0.4, -0.2) is 29.3 Å². The first kappa shape index (κ1) is 14.1. The van der Waals surface area contributed by atoms with E-state index in [-0.39, 0.29) is 23.0 Å². The molecule has 106 valence electrons. The summed E-state index contributed by atoms with van der Waals surface area (Å²) in [7, 11) is 2.74. The summed E-state index contributed by atoms with van der Waals surface area (Å²) in [5, 5.41) is 10.2. The van der Waals surface area contributed by atoms with Crippen molar-refractivity contribution in [3.05, 3.63) is 47.3 Å². The fourth-order valence-electron chi connectivity index (χ4n) is 1.69. The number of benzene rings is 1. The van der Waals surface area contributed by atoms with E-state index in [1.54, 1.807) is 0 Å². The molecule has 0 bridgehead atoms. The quantitative estimate of drug-likeness (QED) is 0.927. The van der Waals surface area contributed by atoms with Crippen LogP contribution >= 0.6 is 0 Å². The van der Waals surface area contributed by atoms with Gasteiger partial charge in [-0.15, -0.1) is 0 Å². The molecular weight excluding hydrogens is 270 g/mol. The maximum atomic E-state index is 13.2. The van der Waals surface area contributed by atoms with Crippen molar-refractivity contribution >= 4 is 0 Å². The van der Waals surface area contributed by atoms with Crippen molar-refractivity contribution in [2.45, 2.75) is 6.10 Å². The molecule has 0 saturated carbocycles. The predicted molar refractivity (Wildman–Crippen MR) is 65.6 cm³/mol. The van der Waals surface area contributed by atoms with Crippen LogP contribution in [0.15, 0.2) is 24.4 Å². The zero-order valence-electron chi connectivity index (χ0n) is 10.8. The molecule has 1 atom stereocenters. The van der Waals surface area contributed by atoms with E-state index in [9.17, 15) is 13.9 Å². The van der Waals surface area contributed by atoms with E-state index in [4.69, 9.17) is 9.47 Å². The van der Waals surface area contributed by atoms with Gasteiger partial charge in [0.05, 0.1) is 20.4 Å². The van der Waals surface area contributed by atoms with Crippen LogP contribution in [0.25, 0.3) is 0 Å². The molecule has 0 aliphatic heterocycles. The topological polar surface area (TPSA) is 64.5 Å². The second-order valence-corrected chi connectivity index (χ2v) is 3.91. The van der Waals surface area contributed by atoms with Gasteiger partial charge in [-0.1, -0.05) is 0 Å². The second kappa shape index (κ2) is 5.79. The third-order valence-electron chi connectivity index (χ3n) is 2.61. The minimum absolute atomic E-state index is 0.0141. The normalized spacial score (nSPS) is 12.1. The third kappa shape index (κ3) is 2.83. The number of nitrogens with zero attached hydrogens (tertiary/aromatic N) is 2. The Kier molecular flexibility index (Phi) is 4.09. The summed E-state index contributed by atoms with van der Waals surface area (Å²) >= 11 is 0. The molecule has 5 nitrogen and oxygen atoms in total. The van der Waals surface area contributed by atoms with Gasteiger partial charge in [-0.3, -0.25) is 0 Å². The van der Waals surface area contributed by atoms with Gasteiger partial charge < -0.3 is 14.6 Å². The number of aliphatic hydroxyl groups is 1. The van der Waals surface area contributed by atoms with Crippen LogP contribution in [0, 0.1) is 11.6 Å². The van der Waals surface area contributed by atoms with Crippen LogP contribution in [0.3, 0.4) is 0 Å². The molecule has 2 rings (SSSR count). The summed E-state index contributed by atoms with van der Waals surface area (Å²) in [6.07, 6.45) is -0.0925. The second-order valence-electron chi connectivity index (χ2n) is 3.91. The lowest BCUT2D eigenvalue weighted by atomic mass is 10.1. The van der Waals surface area contributed by atoms with E-state index in [0.29, 0.717) is 6.07 Å². The summed E-state index contributed by atoms with van der Waals surface area (Å²) in [6.45, 7) is 0. The molecule has 1 aromatic carbocycles. The highest BCUT2D eigenvalue weighted by molar-refractivity contribution is 5.33. The standard InChI is InChI=1S/C13H12F2N2O3/c1-19-10-6-16-11(13(17-10)20-2)12(18)7-3-8(14)5-9(15)4-7/h3-6,12,18H,1-2H3. The van der Waals surface area contributed by atoms with Gasteiger partial charge in [-0.05, 0) is 17.7 Å². The first-order valence-electron chi connectivity index (χ1n) is 5.64. The summed E-state index contributed by atoms with van der Waals surface area (Å²) in [4.78, 5) is 7.90. The molecule has 1 heterocycles. The number of hydrogen-bond donors (Lipinski definition) is 1. The third-order valence-corrected chi connectivity index (χ3v) is 2.61. The zero-order valence-corrected chi connectivity index (χ0v) is 10.8. The van der Waals surface area contributed by atoms with E-state index >= 15 is 0 Å². The molecule has 20 heavy (non-hydrogen) atoms. The van der Waals surface area contributed by atoms with Crippen molar-refractivity contribution in [3.63, 3.8) is 0 Å². The molecule has 7 heteroatoms. The Bertz CT molecular complexity index is 602. The number of ether oxygens (including phenoxy) is 2. The highest BCUT2D eigenvalue weighted by Crippen LogP contribution is 2.28. The van der Waals surface area contributed by atoms with Crippen LogP contribution in [-0.2, 0) is 0 Å². The molecule has 1 aromatic heterocycles. The van der Waals surface area contributed by atoms with Gasteiger partial charge in [-0.2, -0.15) is 4.98 Å². The van der Waals surface area contributed by atoms with E-state index in [1.165, 1.54) is 20.4 Å². The number of hydrogen-bond acceptors (Lipinski definition) is 5. The minimum Gasteiger partial charge on any atom is -0.480 e. The van der Waals surface area contributed by atoms with E-state index in [2.05, 4.69) is 9.97 Å². The Labute approximate surface area is 113 Å². The lowest BCUT2D eigenvalue weighted by Gasteiger charge is -2.14. The van der Waals surface area contributed by atoms with Crippen LogP contribution in [0.5, 0.6) is 11.8 Å². The molecule has 1 unspecified atom stereocenters. The van der Waals surface area contributed by atoms with Crippen LogP contribution in [0.2, 0.25) is 0 Å². The number of rotatable bonds is 4. The molecule has 0 saturated heterocycles. The highest BCUT2D eigenvalue weighted by atomic mass is 19.1. The lowest BCUT2D eigenvalue weighted by Crippen LogP contribution is -2.08. The fourth-order valence-corrected chi connectivity index (χ4v) is 1.69. The molecule has 1 N–H and O–H groups in total. The minimum atomic E-state index is -1.37. The summed E-state index contributed by atoms with van der Waals surface area (Å²) < 4.78 is 36.2. The Morgan fingerprint density at radius 2 is 1.75 bits per heavy atom. The van der Waals surface area contributed by atoms with Crippen molar-refractivity contribution in [2.75, 3.05) is 14.2 Å². The maximum Gasteiger partial charge on any atom is 0.241 e. The first-order chi connectivity index (χ1) is 9.55. The smallest absolute Gasteiger partial charge is 0.241 e. The van der Waals surface area contributed by atoms with Gasteiger partial charge in [-0.25, -0.2) is 13.8 Å². The Hall–Kier alpha value is -2.28. The molecule has 0 fully saturated rings. The number of methoxy groups -OCH3 is 2. The number of aliphatic hydroxyl groups excluding tert-OH is 1. The monoisotopic (exact) mass is 282 g/mol. The zero-order chi connectivity index (χ0) is 14.7. The van der Waals surface area contributed by atoms with Crippen molar-refractivity contribution in [1.82, 2.24) is 9.97 Å². The molecule has 2 aromatic rings. The highest BCUT2D eigenvalue weighted by Gasteiger charge is 2.20. The van der Waals surface area contributed by atoms with Gasteiger partial charge in [0.1, 0.15) is 23.4 Å². The lowest BCUT2D eigenvalue weighted by molar-refractivity contribution is 0.205. The van der Waals surface area contributed by atoms with Gasteiger partial charge in [0.25, 0.3) is 0 Å². The van der Waals surface area contributed by atoms with E-state index in [1.807, 2.05) is 0 Å². The summed E-state index contributed by atoms with van der Waals surface area (Å²) in [5.41, 5.74) is 0.0542. The summed E-state index contributed by atoms with van der Waals surface area (Å²) in [5.74, 6) is -1.37. The molecule has 0 radical (unpaired) electrons. The van der Waals surface area contributed by atoms with Crippen LogP contribution < -0.4 is 9.47 Å². The molecular formula is C13H12F2N2O3. The SMILES string of the molecule is COc1cnc(C(O)c2cc(F)cc(F)c2)c(OC)n1. The van der Waals surface area contributed by atoms with Crippen molar-refractivity contribution in [3.8, 4) is 11.8 Å². The van der Waals surface area contributed by atoms with Gasteiger partial charge in [0.2, 0.25) is 11.8 Å². The van der Waals surface area contributed by atoms with Gasteiger partial charge >= 0.3 is 0 Å². The molecule has 0 amide bonds. The summed E-state index contributed by atoms with van der Waals surface area (Å²) in [6, 6.07) is 2.74. The Balaban J connectivity index is 2.44. The maximum absolute atomic E-state index is 13.2. The molecule has 0 aliphatic carbocycles. The predicted octanol–water partition coefficient (Wildman–Crippen LogP) is 1.85. The van der Waals surface area contributed by atoms with Crippen LogP contribution in [0.4, 0.5) is 8.78 Å². The Morgan fingerprint density at radius 3 is 2.30 bits per heavy atom. The van der Waals surface area contributed by atoms with Crippen LogP contribution in [0.1, 0.15) is 17.4 Å². The molecule has 0 aliphatic rings. The Morgan fingerprint density at radius 1 is 1.10 bits per heavy atom. The average Bonchev–Trinajstić information content (AvgIpc) is 2.44. The van der Waals surface area contributed by atoms with Gasteiger partial charge in [0, 0.05) is 6.07 Å². The number of aromatic nitrogens is 2. The van der Waals surface area contributed by atoms with Crippen molar-refractivity contribution in [1.29, 1.82) is 0 Å². The average molecular weight is 282 g/mol. The van der Waals surface area contributed by atoms with Crippen molar-refractivity contribution < 1.29 is 23.4 Å². The molecule has 0 spiro atoms. The number of halogens is 2. The first-order valence-corrected chi connectivity index (χ1v) is 5.64. The van der Waals surface area contributed by atoms with E-state index in [0.717, 1.165) is 12.1 Å². The van der Waals surface area contributed by atoms with Gasteiger partial charge in [0.15, 0.2) is 0 Å². The van der Waals surface area contributed by atoms with E-state index < -0.39 is 17.7 Å². The van der Waals surface area contributed by atoms with Crippen molar-refractivity contribution in [2.24, 2.45) is 0 Å².